The van der Waals surface area contributed by atoms with Crippen molar-refractivity contribution in [2.45, 2.75) is 41.7 Å². The lowest BCUT2D eigenvalue weighted by molar-refractivity contribution is 0.596. The van der Waals surface area contributed by atoms with Crippen LogP contribution in [0, 0.1) is 25.7 Å². The highest BCUT2D eigenvalue weighted by molar-refractivity contribution is 8.03. The van der Waals surface area contributed by atoms with Gasteiger partial charge in [0.15, 0.2) is 0 Å². The van der Waals surface area contributed by atoms with Crippen molar-refractivity contribution in [1.29, 1.82) is 0 Å². The Kier molecular flexibility index (Phi) is 4.51. The summed E-state index contributed by atoms with van der Waals surface area (Å²) in [6, 6.07) is 13.8. The number of nitrogens with zero attached hydrogens (tertiary/aromatic N) is 1. The molecule has 1 fully saturated rings. The van der Waals surface area contributed by atoms with Crippen molar-refractivity contribution in [2.75, 3.05) is 0 Å². The van der Waals surface area contributed by atoms with Gasteiger partial charge in [-0.05, 0) is 62.8 Å². The zero-order chi connectivity index (χ0) is 19.2. The fourth-order valence-electron chi connectivity index (χ4n) is 4.00. The van der Waals surface area contributed by atoms with Gasteiger partial charge in [0.05, 0.1) is 19.9 Å². The SMILES string of the molecule is Cc1ccc(S(=O)(=O)N=S(=O)(c2ccc(C)cc2)[C@H]2C[C@H]3C=C[C@@H]2C3)cc1. The summed E-state index contributed by atoms with van der Waals surface area (Å²) in [4.78, 5) is 0.598. The van der Waals surface area contributed by atoms with E-state index in [2.05, 4.69) is 15.9 Å². The molecule has 4 rings (SSSR count). The molecule has 2 aliphatic rings. The van der Waals surface area contributed by atoms with Crippen LogP contribution in [0.3, 0.4) is 0 Å². The molecule has 1 unspecified atom stereocenters. The zero-order valence-corrected chi connectivity index (χ0v) is 17.0. The molecule has 6 heteroatoms. The first-order chi connectivity index (χ1) is 12.8. The molecule has 0 N–H and O–H groups in total. The number of rotatable bonds is 4. The van der Waals surface area contributed by atoms with Crippen LogP contribution >= 0.6 is 0 Å². The van der Waals surface area contributed by atoms with Crippen LogP contribution < -0.4 is 0 Å². The van der Waals surface area contributed by atoms with Crippen LogP contribution in [0.25, 0.3) is 0 Å². The average molecular weight is 402 g/mol. The Morgan fingerprint density at radius 1 is 0.778 bits per heavy atom. The van der Waals surface area contributed by atoms with Crippen molar-refractivity contribution in [2.24, 2.45) is 15.6 Å². The van der Waals surface area contributed by atoms with E-state index in [4.69, 9.17) is 0 Å². The Hall–Kier alpha value is -1.92. The van der Waals surface area contributed by atoms with Gasteiger partial charge in [-0.25, -0.2) is 4.21 Å². The predicted octanol–water partition coefficient (Wildman–Crippen LogP) is 4.48. The van der Waals surface area contributed by atoms with Crippen molar-refractivity contribution in [1.82, 2.24) is 0 Å². The van der Waals surface area contributed by atoms with Crippen LogP contribution in [0.15, 0.2) is 74.2 Å². The fraction of sp³-hybridized carbons (Fsp3) is 0.333. The summed E-state index contributed by atoms with van der Waals surface area (Å²) in [6.45, 7) is 3.84. The minimum atomic E-state index is -4.02. The fourth-order valence-corrected chi connectivity index (χ4v) is 8.84. The van der Waals surface area contributed by atoms with Crippen molar-refractivity contribution in [3.05, 3.63) is 71.8 Å². The van der Waals surface area contributed by atoms with Crippen LogP contribution in [0.2, 0.25) is 0 Å². The van der Waals surface area contributed by atoms with Crippen LogP contribution in [0.5, 0.6) is 0 Å². The summed E-state index contributed by atoms with van der Waals surface area (Å²) >= 11 is 0. The molecule has 0 aliphatic heterocycles. The molecule has 0 spiro atoms. The van der Waals surface area contributed by atoms with Crippen molar-refractivity contribution in [3.63, 3.8) is 0 Å². The smallest absolute Gasteiger partial charge is 0.243 e. The number of sulfonamides is 1. The van der Waals surface area contributed by atoms with E-state index >= 15 is 0 Å². The van der Waals surface area contributed by atoms with Crippen LogP contribution in [-0.2, 0) is 19.8 Å². The minimum Gasteiger partial charge on any atom is -0.243 e. The molecule has 4 nitrogen and oxygen atoms in total. The number of hydrogen-bond acceptors (Lipinski definition) is 3. The highest BCUT2D eigenvalue weighted by atomic mass is 32.3. The summed E-state index contributed by atoms with van der Waals surface area (Å²) in [5, 5.41) is -0.268. The molecular formula is C21H23NO3S2. The third-order valence-corrected chi connectivity index (χ3v) is 10.4. The monoisotopic (exact) mass is 401 g/mol. The van der Waals surface area contributed by atoms with Gasteiger partial charge in [0, 0.05) is 4.90 Å². The molecule has 0 heterocycles. The first-order valence-corrected chi connectivity index (χ1v) is 12.1. The molecule has 4 atom stereocenters. The Morgan fingerprint density at radius 2 is 1.33 bits per heavy atom. The molecule has 2 bridgehead atoms. The standard InChI is InChI=1S/C21H23NO3S2/c1-15-3-9-19(10-4-15)26(23,21-14-17-7-8-18(21)13-17)22-27(24,25)20-11-5-16(2)6-12-20/h3-12,17-18,21H,13-14H2,1-2H3/t17-,18+,21-,26?/m0/s1. The van der Waals surface area contributed by atoms with Gasteiger partial charge >= 0.3 is 0 Å². The van der Waals surface area contributed by atoms with E-state index in [9.17, 15) is 12.6 Å². The molecule has 27 heavy (non-hydrogen) atoms. The second kappa shape index (κ2) is 6.60. The van der Waals surface area contributed by atoms with E-state index in [0.717, 1.165) is 24.0 Å². The molecule has 2 aliphatic carbocycles. The van der Waals surface area contributed by atoms with Gasteiger partial charge in [-0.1, -0.05) is 47.5 Å². The number of hydrogen-bond donors (Lipinski definition) is 0. The maximum absolute atomic E-state index is 14.2. The predicted molar refractivity (Wildman–Crippen MR) is 108 cm³/mol. The largest absolute Gasteiger partial charge is 0.290 e. The number of aryl methyl sites for hydroxylation is 2. The molecule has 0 saturated heterocycles. The third kappa shape index (κ3) is 3.36. The lowest BCUT2D eigenvalue weighted by Gasteiger charge is -2.23. The van der Waals surface area contributed by atoms with Gasteiger partial charge in [-0.2, -0.15) is 8.42 Å². The molecule has 1 saturated carbocycles. The molecule has 0 radical (unpaired) electrons. The van der Waals surface area contributed by atoms with Gasteiger partial charge in [0.1, 0.15) is 0 Å². The maximum atomic E-state index is 14.2. The van der Waals surface area contributed by atoms with Gasteiger partial charge in [-0.15, -0.1) is 3.77 Å². The van der Waals surface area contributed by atoms with Gasteiger partial charge in [0.2, 0.25) is 0 Å². The van der Waals surface area contributed by atoms with Crippen LogP contribution in [-0.4, -0.2) is 17.9 Å². The Labute approximate surface area is 161 Å². The number of benzene rings is 2. The van der Waals surface area contributed by atoms with E-state index in [1.807, 2.05) is 26.0 Å². The van der Waals surface area contributed by atoms with Crippen molar-refractivity contribution >= 4 is 19.8 Å². The first kappa shape index (κ1) is 18.4. The quantitative estimate of drug-likeness (QED) is 0.710. The van der Waals surface area contributed by atoms with E-state index < -0.39 is 19.8 Å². The maximum Gasteiger partial charge on any atom is 0.290 e. The molecule has 0 aromatic heterocycles. The first-order valence-electron chi connectivity index (χ1n) is 9.12. The third-order valence-electron chi connectivity index (χ3n) is 5.51. The summed E-state index contributed by atoms with van der Waals surface area (Å²) in [7, 11) is -7.15. The number of allylic oxidation sites excluding steroid dienone is 2. The minimum absolute atomic E-state index is 0.0895. The molecule has 2 aromatic carbocycles. The lowest BCUT2D eigenvalue weighted by atomic mass is 10.1. The van der Waals surface area contributed by atoms with E-state index in [1.165, 1.54) is 12.1 Å². The highest BCUT2D eigenvalue weighted by Crippen LogP contribution is 2.45. The van der Waals surface area contributed by atoms with E-state index in [-0.39, 0.29) is 16.1 Å². The second-order valence-corrected chi connectivity index (χ2v) is 11.8. The highest BCUT2D eigenvalue weighted by Gasteiger charge is 2.43. The van der Waals surface area contributed by atoms with Gasteiger partial charge in [-0.3, -0.25) is 0 Å². The second-order valence-electron chi connectivity index (χ2n) is 7.56. The summed E-state index contributed by atoms with van der Waals surface area (Å²) in [5.74, 6) is 0.504. The van der Waals surface area contributed by atoms with Gasteiger partial charge in [0.25, 0.3) is 10.0 Å². The zero-order valence-electron chi connectivity index (χ0n) is 15.4. The van der Waals surface area contributed by atoms with Crippen molar-refractivity contribution in [3.8, 4) is 0 Å². The number of fused-ring (bicyclic) bond motifs is 2. The Bertz CT molecular complexity index is 1110. The summed E-state index contributed by atoms with van der Waals surface area (Å²) < 4.78 is 44.3. The summed E-state index contributed by atoms with van der Waals surface area (Å²) in [5.41, 5.74) is 2.00. The summed E-state index contributed by atoms with van der Waals surface area (Å²) in [6.07, 6.45) is 5.90. The van der Waals surface area contributed by atoms with E-state index in [1.54, 1.807) is 24.3 Å². The average Bonchev–Trinajstić information content (AvgIpc) is 3.26. The normalized spacial score (nSPS) is 26.1. The van der Waals surface area contributed by atoms with Crippen molar-refractivity contribution < 1.29 is 12.6 Å². The Balaban J connectivity index is 1.89. The molecule has 0 amide bonds. The van der Waals surface area contributed by atoms with Crippen LogP contribution in [0.4, 0.5) is 0 Å². The molecule has 142 valence electrons. The van der Waals surface area contributed by atoms with Gasteiger partial charge < -0.3 is 0 Å². The lowest BCUT2D eigenvalue weighted by Crippen LogP contribution is -2.26. The molecule has 2 aromatic rings. The Morgan fingerprint density at radius 3 is 1.81 bits per heavy atom. The van der Waals surface area contributed by atoms with Crippen LogP contribution in [0.1, 0.15) is 24.0 Å². The topological polar surface area (TPSA) is 63.6 Å². The van der Waals surface area contributed by atoms with E-state index in [0.29, 0.717) is 10.8 Å². The molecular weight excluding hydrogens is 378 g/mol.